The molecule has 3 heteroatoms. The van der Waals surface area contributed by atoms with E-state index in [0.29, 0.717) is 12.5 Å². The molecule has 0 radical (unpaired) electrons. The van der Waals surface area contributed by atoms with Gasteiger partial charge >= 0.3 is 0 Å². The molecule has 1 unspecified atom stereocenters. The van der Waals surface area contributed by atoms with Crippen LogP contribution in [0, 0.1) is 0 Å². The maximum absolute atomic E-state index is 9.17. The lowest BCUT2D eigenvalue weighted by Gasteiger charge is -2.39. The van der Waals surface area contributed by atoms with Gasteiger partial charge < -0.3 is 9.69 Å². The van der Waals surface area contributed by atoms with E-state index in [-0.39, 0.29) is 0 Å². The molecular formula is C22H34N2O. The Balaban J connectivity index is 0.000000705. The highest BCUT2D eigenvalue weighted by molar-refractivity contribution is 5.48. The first-order valence-electron chi connectivity index (χ1n) is 9.41. The summed E-state index contributed by atoms with van der Waals surface area (Å²) in [6.07, 6.45) is 9.40. The van der Waals surface area contributed by atoms with E-state index < -0.39 is 0 Å². The van der Waals surface area contributed by atoms with E-state index in [9.17, 15) is 4.79 Å². The first-order chi connectivity index (χ1) is 12.2. The van der Waals surface area contributed by atoms with Crippen LogP contribution >= 0.6 is 0 Å². The molecule has 0 aromatic heterocycles. The molecule has 1 aliphatic rings. The predicted molar refractivity (Wildman–Crippen MR) is 108 cm³/mol. The summed E-state index contributed by atoms with van der Waals surface area (Å²) in [6.45, 7) is 10.7. The summed E-state index contributed by atoms with van der Waals surface area (Å²) in [5.41, 5.74) is 2.83. The fourth-order valence-corrected chi connectivity index (χ4v) is 3.03. The fraction of sp³-hybridized carbons (Fsp3) is 0.500. The van der Waals surface area contributed by atoms with E-state index in [0.717, 1.165) is 38.9 Å². The SMILES string of the molecule is C/C=C\C(=C/CC)C(c1ccccc1)N1CCN(C)CC1.CCC=O. The number of rotatable bonds is 6. The summed E-state index contributed by atoms with van der Waals surface area (Å²) in [5, 5.41) is 0. The molecule has 138 valence electrons. The van der Waals surface area contributed by atoms with Gasteiger partial charge in [0.05, 0.1) is 6.04 Å². The molecule has 0 amide bonds. The molecule has 25 heavy (non-hydrogen) atoms. The lowest BCUT2D eigenvalue weighted by molar-refractivity contribution is -0.107. The minimum absolute atomic E-state index is 0.385. The van der Waals surface area contributed by atoms with Gasteiger partial charge in [-0.05, 0) is 31.5 Å². The van der Waals surface area contributed by atoms with E-state index >= 15 is 0 Å². The molecule has 1 aromatic rings. The molecular weight excluding hydrogens is 308 g/mol. The molecule has 0 bridgehead atoms. The number of likely N-dealkylation sites (N-methyl/N-ethyl adjacent to an activating group) is 1. The summed E-state index contributed by atoms with van der Waals surface area (Å²) in [5.74, 6) is 0. The number of allylic oxidation sites excluding steroid dienone is 2. The van der Waals surface area contributed by atoms with E-state index in [1.54, 1.807) is 0 Å². The Labute approximate surface area is 154 Å². The second-order valence-corrected chi connectivity index (χ2v) is 6.34. The van der Waals surface area contributed by atoms with Gasteiger partial charge in [-0.25, -0.2) is 0 Å². The van der Waals surface area contributed by atoms with Gasteiger partial charge in [0, 0.05) is 32.6 Å². The third-order valence-corrected chi connectivity index (χ3v) is 4.30. The van der Waals surface area contributed by atoms with Crippen LogP contribution in [0.4, 0.5) is 0 Å². The van der Waals surface area contributed by atoms with Crippen LogP contribution in [0.3, 0.4) is 0 Å². The first-order valence-corrected chi connectivity index (χ1v) is 9.41. The molecule has 3 nitrogen and oxygen atoms in total. The van der Waals surface area contributed by atoms with Gasteiger partial charge in [0.15, 0.2) is 0 Å². The van der Waals surface area contributed by atoms with Crippen LogP contribution in [0.5, 0.6) is 0 Å². The maximum Gasteiger partial charge on any atom is 0.119 e. The van der Waals surface area contributed by atoms with E-state index in [1.165, 1.54) is 11.1 Å². The van der Waals surface area contributed by atoms with Crippen molar-refractivity contribution in [2.75, 3.05) is 33.2 Å². The van der Waals surface area contributed by atoms with Gasteiger partial charge in [0.1, 0.15) is 6.29 Å². The highest BCUT2D eigenvalue weighted by atomic mass is 16.1. The lowest BCUT2D eigenvalue weighted by Crippen LogP contribution is -2.46. The largest absolute Gasteiger partial charge is 0.304 e. The Morgan fingerprint density at radius 2 is 1.68 bits per heavy atom. The van der Waals surface area contributed by atoms with Gasteiger partial charge in [-0.15, -0.1) is 0 Å². The van der Waals surface area contributed by atoms with Crippen molar-refractivity contribution in [2.45, 2.75) is 39.7 Å². The zero-order valence-corrected chi connectivity index (χ0v) is 16.3. The lowest BCUT2D eigenvalue weighted by atomic mass is 9.95. The van der Waals surface area contributed by atoms with E-state index in [2.05, 4.69) is 79.3 Å². The van der Waals surface area contributed by atoms with Crippen molar-refractivity contribution in [1.29, 1.82) is 0 Å². The van der Waals surface area contributed by atoms with Crippen LogP contribution in [0.25, 0.3) is 0 Å². The van der Waals surface area contributed by atoms with Gasteiger partial charge in [-0.3, -0.25) is 4.90 Å². The third-order valence-electron chi connectivity index (χ3n) is 4.30. The smallest absolute Gasteiger partial charge is 0.119 e. The second-order valence-electron chi connectivity index (χ2n) is 6.34. The molecule has 0 spiro atoms. The monoisotopic (exact) mass is 342 g/mol. The predicted octanol–water partition coefficient (Wildman–Crippen LogP) is 4.48. The van der Waals surface area contributed by atoms with Crippen molar-refractivity contribution < 1.29 is 4.79 Å². The van der Waals surface area contributed by atoms with Gasteiger partial charge in [0.25, 0.3) is 0 Å². The Morgan fingerprint density at radius 3 is 2.16 bits per heavy atom. The van der Waals surface area contributed by atoms with Gasteiger partial charge in [-0.1, -0.05) is 62.4 Å². The molecule has 1 fully saturated rings. The summed E-state index contributed by atoms with van der Waals surface area (Å²) >= 11 is 0. The average Bonchev–Trinajstić information content (AvgIpc) is 2.65. The van der Waals surface area contributed by atoms with Crippen LogP contribution in [-0.2, 0) is 4.79 Å². The molecule has 1 saturated heterocycles. The molecule has 1 atom stereocenters. The van der Waals surface area contributed by atoms with E-state index in [1.807, 2.05) is 6.92 Å². The highest BCUT2D eigenvalue weighted by Crippen LogP contribution is 2.30. The number of carbonyl (C=O) groups excluding carboxylic acids is 1. The van der Waals surface area contributed by atoms with Gasteiger partial charge in [0.2, 0.25) is 0 Å². The number of nitrogens with zero attached hydrogens (tertiary/aromatic N) is 2. The summed E-state index contributed by atoms with van der Waals surface area (Å²) in [6, 6.07) is 11.3. The zero-order chi connectivity index (χ0) is 18.5. The fourth-order valence-electron chi connectivity index (χ4n) is 3.03. The molecule has 0 N–H and O–H groups in total. The first kappa shape index (κ1) is 21.3. The number of aldehydes is 1. The minimum Gasteiger partial charge on any atom is -0.304 e. The van der Waals surface area contributed by atoms with Crippen LogP contribution in [0.15, 0.2) is 54.1 Å². The van der Waals surface area contributed by atoms with Crippen LogP contribution in [-0.4, -0.2) is 49.3 Å². The summed E-state index contributed by atoms with van der Waals surface area (Å²) in [4.78, 5) is 14.2. The Hall–Kier alpha value is -1.71. The highest BCUT2D eigenvalue weighted by Gasteiger charge is 2.25. The van der Waals surface area contributed by atoms with Crippen LogP contribution in [0.1, 0.15) is 45.2 Å². The summed E-state index contributed by atoms with van der Waals surface area (Å²) in [7, 11) is 2.21. The van der Waals surface area contributed by atoms with Crippen molar-refractivity contribution in [1.82, 2.24) is 9.80 Å². The van der Waals surface area contributed by atoms with Gasteiger partial charge in [-0.2, -0.15) is 0 Å². The molecule has 1 aromatic carbocycles. The maximum atomic E-state index is 9.17. The molecule has 0 aliphatic carbocycles. The minimum atomic E-state index is 0.385. The van der Waals surface area contributed by atoms with E-state index in [4.69, 9.17) is 0 Å². The Bertz CT molecular complexity index is 528. The number of carbonyl (C=O) groups is 1. The Morgan fingerprint density at radius 1 is 1.08 bits per heavy atom. The standard InChI is InChI=1S/C19H28N2.C3H6O/c1-4-9-17(10-5-2)19(18-11-7-6-8-12-18)21-15-13-20(3)14-16-21;1-2-3-4/h4,6-12,19H,5,13-16H2,1-3H3;3H,2H2,1H3/b9-4-,17-10+;. The molecule has 1 aliphatic heterocycles. The number of hydrogen-bond acceptors (Lipinski definition) is 3. The number of benzene rings is 1. The number of hydrogen-bond donors (Lipinski definition) is 0. The number of piperazine rings is 1. The van der Waals surface area contributed by atoms with Crippen molar-refractivity contribution in [3.8, 4) is 0 Å². The Kier molecular flexibility index (Phi) is 10.8. The van der Waals surface area contributed by atoms with Crippen molar-refractivity contribution in [3.63, 3.8) is 0 Å². The molecule has 2 rings (SSSR count). The zero-order valence-electron chi connectivity index (χ0n) is 16.3. The normalized spacial score (nSPS) is 17.8. The third kappa shape index (κ3) is 7.37. The second kappa shape index (κ2) is 12.6. The van der Waals surface area contributed by atoms with Crippen molar-refractivity contribution in [2.24, 2.45) is 0 Å². The average molecular weight is 343 g/mol. The molecule has 0 saturated carbocycles. The quantitative estimate of drug-likeness (QED) is 0.562. The van der Waals surface area contributed by atoms with Crippen LogP contribution in [0.2, 0.25) is 0 Å². The van der Waals surface area contributed by atoms with Crippen LogP contribution < -0.4 is 0 Å². The van der Waals surface area contributed by atoms with Crippen molar-refractivity contribution >= 4 is 6.29 Å². The molecule has 1 heterocycles. The van der Waals surface area contributed by atoms with Crippen molar-refractivity contribution in [3.05, 3.63) is 59.7 Å². The summed E-state index contributed by atoms with van der Waals surface area (Å²) < 4.78 is 0. The topological polar surface area (TPSA) is 23.6 Å².